The summed E-state index contributed by atoms with van der Waals surface area (Å²) in [5.41, 5.74) is 1.19. The third kappa shape index (κ3) is 2.78. The number of hydrogen-bond donors (Lipinski definition) is 1. The lowest BCUT2D eigenvalue weighted by Crippen LogP contribution is -2.07. The van der Waals surface area contributed by atoms with Gasteiger partial charge in [-0.3, -0.25) is 9.36 Å². The Bertz CT molecular complexity index is 677. The molecular formula is C14H14FN3O2S. The topological polar surface area (TPSA) is 68.0 Å². The molecule has 1 fully saturated rings. The summed E-state index contributed by atoms with van der Waals surface area (Å²) in [4.78, 5) is 10.8. The Kier molecular flexibility index (Phi) is 3.67. The van der Waals surface area contributed by atoms with Crippen LogP contribution in [0.5, 0.6) is 0 Å². The summed E-state index contributed by atoms with van der Waals surface area (Å²) in [6.07, 6.45) is 2.02. The molecule has 1 N–H and O–H groups in total. The van der Waals surface area contributed by atoms with Crippen LogP contribution in [0.2, 0.25) is 0 Å². The van der Waals surface area contributed by atoms with Crippen LogP contribution in [-0.4, -0.2) is 31.6 Å². The lowest BCUT2D eigenvalue weighted by Gasteiger charge is -2.13. The third-order valence-electron chi connectivity index (χ3n) is 3.34. The largest absolute Gasteiger partial charge is 0.481 e. The van der Waals surface area contributed by atoms with Crippen molar-refractivity contribution < 1.29 is 14.3 Å². The van der Waals surface area contributed by atoms with Gasteiger partial charge in [0.15, 0.2) is 5.16 Å². The highest BCUT2D eigenvalue weighted by molar-refractivity contribution is 7.99. The minimum absolute atomic E-state index is 0.129. The van der Waals surface area contributed by atoms with Gasteiger partial charge in [-0.2, -0.15) is 0 Å². The van der Waals surface area contributed by atoms with Gasteiger partial charge in [0.25, 0.3) is 0 Å². The van der Waals surface area contributed by atoms with Gasteiger partial charge in [0, 0.05) is 5.92 Å². The smallest absolute Gasteiger partial charge is 0.313 e. The number of carbonyl (C=O) groups is 1. The quantitative estimate of drug-likeness (QED) is 0.860. The molecule has 0 saturated heterocycles. The number of aryl methyl sites for hydroxylation is 1. The standard InChI is InChI=1S/C14H14FN3O2S/c1-8-3-2-4-10(15)12(8)18-13(9-5-6-9)16-17-14(18)21-7-11(19)20/h2-4,9H,5-7H2,1H3,(H,19,20). The summed E-state index contributed by atoms with van der Waals surface area (Å²) in [5.74, 6) is -0.413. The van der Waals surface area contributed by atoms with Gasteiger partial charge in [0.1, 0.15) is 11.6 Å². The maximum atomic E-state index is 14.3. The Hall–Kier alpha value is -1.89. The molecule has 0 atom stereocenters. The van der Waals surface area contributed by atoms with Crippen molar-refractivity contribution in [2.75, 3.05) is 5.75 Å². The van der Waals surface area contributed by atoms with E-state index in [0.717, 1.165) is 36.0 Å². The van der Waals surface area contributed by atoms with E-state index in [1.165, 1.54) is 6.07 Å². The molecule has 110 valence electrons. The van der Waals surface area contributed by atoms with Crippen molar-refractivity contribution in [3.8, 4) is 5.69 Å². The number of benzene rings is 1. The number of aromatic nitrogens is 3. The van der Waals surface area contributed by atoms with Gasteiger partial charge in [0.2, 0.25) is 0 Å². The SMILES string of the molecule is Cc1cccc(F)c1-n1c(SCC(=O)O)nnc1C1CC1. The number of thioether (sulfide) groups is 1. The number of carboxylic acid groups (broad SMARTS) is 1. The molecule has 0 aliphatic heterocycles. The second kappa shape index (κ2) is 5.48. The Balaban J connectivity index is 2.09. The number of nitrogens with zero attached hydrogens (tertiary/aromatic N) is 3. The van der Waals surface area contributed by atoms with E-state index in [1.807, 2.05) is 13.0 Å². The molecule has 5 nitrogen and oxygen atoms in total. The Morgan fingerprint density at radius 3 is 2.86 bits per heavy atom. The van der Waals surface area contributed by atoms with Crippen molar-refractivity contribution in [2.24, 2.45) is 0 Å². The van der Waals surface area contributed by atoms with E-state index >= 15 is 0 Å². The van der Waals surface area contributed by atoms with E-state index in [9.17, 15) is 9.18 Å². The van der Waals surface area contributed by atoms with Gasteiger partial charge in [-0.25, -0.2) is 4.39 Å². The molecule has 1 saturated carbocycles. The Morgan fingerprint density at radius 2 is 2.24 bits per heavy atom. The second-order valence-corrected chi connectivity index (χ2v) is 5.98. The monoisotopic (exact) mass is 307 g/mol. The zero-order valence-electron chi connectivity index (χ0n) is 11.4. The van der Waals surface area contributed by atoms with Crippen LogP contribution in [0.4, 0.5) is 4.39 Å². The van der Waals surface area contributed by atoms with E-state index in [0.29, 0.717) is 10.8 Å². The van der Waals surface area contributed by atoms with Crippen LogP contribution >= 0.6 is 11.8 Å². The molecule has 0 spiro atoms. The molecule has 21 heavy (non-hydrogen) atoms. The second-order valence-electron chi connectivity index (χ2n) is 5.04. The third-order valence-corrected chi connectivity index (χ3v) is 4.25. The van der Waals surface area contributed by atoms with Crippen molar-refractivity contribution in [3.05, 3.63) is 35.4 Å². The van der Waals surface area contributed by atoms with Crippen LogP contribution < -0.4 is 0 Å². The number of aliphatic carboxylic acids is 1. The van der Waals surface area contributed by atoms with Crippen LogP contribution in [0.3, 0.4) is 0 Å². The summed E-state index contributed by atoms with van der Waals surface area (Å²) < 4.78 is 15.9. The van der Waals surface area contributed by atoms with E-state index in [4.69, 9.17) is 5.11 Å². The number of rotatable bonds is 5. The van der Waals surface area contributed by atoms with Crippen molar-refractivity contribution in [1.82, 2.24) is 14.8 Å². The summed E-state index contributed by atoms with van der Waals surface area (Å²) in [6.45, 7) is 1.82. The number of para-hydroxylation sites is 1. The highest BCUT2D eigenvalue weighted by Gasteiger charge is 2.32. The fourth-order valence-electron chi connectivity index (χ4n) is 2.22. The number of carboxylic acids is 1. The minimum atomic E-state index is -0.937. The van der Waals surface area contributed by atoms with Gasteiger partial charge in [-0.15, -0.1) is 10.2 Å². The summed E-state index contributed by atoms with van der Waals surface area (Å²) in [6, 6.07) is 4.87. The van der Waals surface area contributed by atoms with E-state index in [-0.39, 0.29) is 17.5 Å². The first kappa shape index (κ1) is 14.1. The normalized spacial score (nSPS) is 14.4. The molecule has 0 bridgehead atoms. The first-order valence-corrected chi connectivity index (χ1v) is 7.62. The first-order chi connectivity index (χ1) is 10.1. The summed E-state index contributed by atoms with van der Waals surface area (Å²) >= 11 is 1.06. The molecule has 1 aliphatic carbocycles. The molecular weight excluding hydrogens is 293 g/mol. The maximum absolute atomic E-state index is 14.3. The molecule has 3 rings (SSSR count). The van der Waals surface area contributed by atoms with Gasteiger partial charge in [-0.05, 0) is 31.4 Å². The van der Waals surface area contributed by atoms with Crippen LogP contribution in [0, 0.1) is 12.7 Å². The zero-order chi connectivity index (χ0) is 15.0. The van der Waals surface area contributed by atoms with Crippen LogP contribution in [0.1, 0.15) is 30.1 Å². The van der Waals surface area contributed by atoms with E-state index < -0.39 is 5.97 Å². The molecule has 1 aromatic carbocycles. The molecule has 0 radical (unpaired) electrons. The van der Waals surface area contributed by atoms with Crippen molar-refractivity contribution in [1.29, 1.82) is 0 Å². The lowest BCUT2D eigenvalue weighted by molar-refractivity contribution is -0.133. The molecule has 1 aliphatic rings. The molecule has 1 heterocycles. The average molecular weight is 307 g/mol. The molecule has 2 aromatic rings. The molecule has 1 aromatic heterocycles. The highest BCUT2D eigenvalue weighted by atomic mass is 32.2. The maximum Gasteiger partial charge on any atom is 0.313 e. The van der Waals surface area contributed by atoms with Crippen molar-refractivity contribution >= 4 is 17.7 Å². The summed E-state index contributed by atoms with van der Waals surface area (Å²) in [7, 11) is 0. The molecule has 0 amide bonds. The van der Waals surface area contributed by atoms with Crippen LogP contribution in [0.15, 0.2) is 23.4 Å². The Labute approximate surface area is 125 Å². The van der Waals surface area contributed by atoms with Gasteiger partial charge < -0.3 is 5.11 Å². The fourth-order valence-corrected chi connectivity index (χ4v) is 2.89. The predicted octanol–water partition coefficient (Wildman–Crippen LogP) is 2.77. The van der Waals surface area contributed by atoms with Crippen LogP contribution in [0.25, 0.3) is 5.69 Å². The predicted molar refractivity (Wildman–Crippen MR) is 76.4 cm³/mol. The van der Waals surface area contributed by atoms with Gasteiger partial charge in [0.05, 0.1) is 11.4 Å². The number of hydrogen-bond acceptors (Lipinski definition) is 4. The molecule has 7 heteroatoms. The highest BCUT2D eigenvalue weighted by Crippen LogP contribution is 2.41. The average Bonchev–Trinajstić information content (AvgIpc) is 3.18. The zero-order valence-corrected chi connectivity index (χ0v) is 12.2. The van der Waals surface area contributed by atoms with Crippen LogP contribution in [-0.2, 0) is 4.79 Å². The summed E-state index contributed by atoms with van der Waals surface area (Å²) in [5, 5.41) is 17.4. The van der Waals surface area contributed by atoms with Gasteiger partial charge in [-0.1, -0.05) is 23.9 Å². The van der Waals surface area contributed by atoms with E-state index in [1.54, 1.807) is 10.6 Å². The van der Waals surface area contributed by atoms with E-state index in [2.05, 4.69) is 10.2 Å². The fraction of sp³-hybridized carbons (Fsp3) is 0.357. The minimum Gasteiger partial charge on any atom is -0.481 e. The van der Waals surface area contributed by atoms with Crippen molar-refractivity contribution in [3.63, 3.8) is 0 Å². The lowest BCUT2D eigenvalue weighted by atomic mass is 10.2. The number of halogens is 1. The van der Waals surface area contributed by atoms with Gasteiger partial charge >= 0.3 is 5.97 Å². The first-order valence-electron chi connectivity index (χ1n) is 6.63. The van der Waals surface area contributed by atoms with Crippen molar-refractivity contribution in [2.45, 2.75) is 30.8 Å². The molecule has 0 unspecified atom stereocenters. The Morgan fingerprint density at radius 1 is 1.48 bits per heavy atom.